The van der Waals surface area contributed by atoms with Crippen molar-refractivity contribution in [1.82, 2.24) is 0 Å². The fourth-order valence-corrected chi connectivity index (χ4v) is 2.54. The number of aliphatic hydroxyl groups is 1. The minimum absolute atomic E-state index is 0.0892. The van der Waals surface area contributed by atoms with E-state index in [4.69, 9.17) is 0 Å². The highest BCUT2D eigenvalue weighted by Gasteiger charge is 2.26. The van der Waals surface area contributed by atoms with E-state index in [2.05, 4.69) is 12.2 Å². The van der Waals surface area contributed by atoms with Crippen LogP contribution in [0.2, 0.25) is 0 Å². The van der Waals surface area contributed by atoms with E-state index in [0.29, 0.717) is 6.42 Å². The molecule has 0 aliphatic carbocycles. The maximum atomic E-state index is 11.5. The highest BCUT2D eigenvalue weighted by molar-refractivity contribution is 5.94. The Balaban J connectivity index is 2.47. The van der Waals surface area contributed by atoms with Crippen molar-refractivity contribution in [3.05, 3.63) is 28.8 Å². The minimum Gasteiger partial charge on any atom is -0.388 e. The average molecular weight is 261 g/mol. The van der Waals surface area contributed by atoms with Gasteiger partial charge >= 0.3 is 0 Å². The van der Waals surface area contributed by atoms with Gasteiger partial charge in [-0.1, -0.05) is 39.8 Å². The number of rotatable bonds is 2. The Morgan fingerprint density at radius 3 is 2.58 bits per heavy atom. The van der Waals surface area contributed by atoms with Gasteiger partial charge in [0.15, 0.2) is 0 Å². The molecule has 2 rings (SSSR count). The summed E-state index contributed by atoms with van der Waals surface area (Å²) in [5.74, 6) is 0.0892. The van der Waals surface area contributed by atoms with Gasteiger partial charge in [0.05, 0.1) is 6.10 Å². The average Bonchev–Trinajstić information content (AvgIpc) is 2.35. The molecule has 0 radical (unpaired) electrons. The monoisotopic (exact) mass is 261 g/mol. The predicted octanol–water partition coefficient (Wildman–Crippen LogP) is 3.21. The summed E-state index contributed by atoms with van der Waals surface area (Å²) in [6.07, 6.45) is 1.66. The fraction of sp³-hybridized carbons (Fsp3) is 0.562. The summed E-state index contributed by atoms with van der Waals surface area (Å²) in [6.45, 7) is 8.17. The lowest BCUT2D eigenvalue weighted by Crippen LogP contribution is -2.22. The van der Waals surface area contributed by atoms with E-state index in [9.17, 15) is 9.90 Å². The zero-order valence-corrected chi connectivity index (χ0v) is 12.2. The van der Waals surface area contributed by atoms with Gasteiger partial charge in [-0.2, -0.15) is 0 Å². The van der Waals surface area contributed by atoms with Crippen molar-refractivity contribution in [1.29, 1.82) is 0 Å². The van der Waals surface area contributed by atoms with Gasteiger partial charge in [0.25, 0.3) is 0 Å². The molecule has 19 heavy (non-hydrogen) atoms. The van der Waals surface area contributed by atoms with E-state index in [0.717, 1.165) is 35.2 Å². The Hall–Kier alpha value is -1.35. The van der Waals surface area contributed by atoms with Crippen LogP contribution >= 0.6 is 0 Å². The Morgan fingerprint density at radius 1 is 1.32 bits per heavy atom. The zero-order valence-electron chi connectivity index (χ0n) is 12.2. The highest BCUT2D eigenvalue weighted by atomic mass is 16.3. The second-order valence-corrected chi connectivity index (χ2v) is 6.38. The molecule has 1 unspecified atom stereocenters. The maximum absolute atomic E-state index is 11.5. The van der Waals surface area contributed by atoms with Gasteiger partial charge in [0, 0.05) is 12.1 Å². The van der Waals surface area contributed by atoms with Crippen LogP contribution in [0, 0.1) is 5.41 Å². The van der Waals surface area contributed by atoms with E-state index in [1.807, 2.05) is 32.9 Å². The molecule has 1 aromatic rings. The summed E-state index contributed by atoms with van der Waals surface area (Å²) in [5, 5.41) is 13.4. The lowest BCUT2D eigenvalue weighted by atomic mass is 9.82. The molecule has 1 amide bonds. The van der Waals surface area contributed by atoms with Gasteiger partial charge < -0.3 is 10.4 Å². The molecular formula is C16H23NO2. The van der Waals surface area contributed by atoms with E-state index < -0.39 is 6.10 Å². The number of fused-ring (bicyclic) bond motifs is 1. The van der Waals surface area contributed by atoms with Crippen LogP contribution in [-0.4, -0.2) is 11.0 Å². The fourth-order valence-electron chi connectivity index (χ4n) is 2.54. The van der Waals surface area contributed by atoms with Crippen LogP contribution in [-0.2, 0) is 17.6 Å². The van der Waals surface area contributed by atoms with Gasteiger partial charge in [-0.3, -0.25) is 4.79 Å². The number of carbonyl (C=O) groups excluding carboxylic acids is 1. The third-order valence-corrected chi connectivity index (χ3v) is 3.73. The summed E-state index contributed by atoms with van der Waals surface area (Å²) in [5.41, 5.74) is 4.00. The van der Waals surface area contributed by atoms with Crippen LogP contribution in [0.5, 0.6) is 0 Å². The zero-order chi connectivity index (χ0) is 14.2. The molecule has 104 valence electrons. The molecule has 1 aliphatic rings. The van der Waals surface area contributed by atoms with Crippen molar-refractivity contribution in [3.63, 3.8) is 0 Å². The third kappa shape index (κ3) is 2.81. The Labute approximate surface area is 115 Å². The number of carbonyl (C=O) groups is 1. The molecule has 1 atom stereocenters. The first kappa shape index (κ1) is 14.1. The highest BCUT2D eigenvalue weighted by Crippen LogP contribution is 2.37. The van der Waals surface area contributed by atoms with Crippen LogP contribution in [0.25, 0.3) is 0 Å². The third-order valence-electron chi connectivity index (χ3n) is 3.73. The van der Waals surface area contributed by atoms with Gasteiger partial charge in [-0.15, -0.1) is 0 Å². The summed E-state index contributed by atoms with van der Waals surface area (Å²) in [7, 11) is 0. The lowest BCUT2D eigenvalue weighted by Gasteiger charge is -2.29. The number of hydrogen-bond donors (Lipinski definition) is 2. The molecular weight excluding hydrogens is 238 g/mol. The van der Waals surface area contributed by atoms with Gasteiger partial charge in [0.1, 0.15) is 0 Å². The van der Waals surface area contributed by atoms with Crippen LogP contribution in [0.1, 0.15) is 56.9 Å². The number of hydrogen-bond acceptors (Lipinski definition) is 2. The number of nitrogens with one attached hydrogen (secondary N) is 1. The topological polar surface area (TPSA) is 49.3 Å². The smallest absolute Gasteiger partial charge is 0.224 e. The van der Waals surface area contributed by atoms with E-state index in [-0.39, 0.29) is 11.3 Å². The molecule has 0 saturated carbocycles. The Bertz CT molecular complexity index is 483. The summed E-state index contributed by atoms with van der Waals surface area (Å²) in [6, 6.07) is 4.07. The molecule has 0 fully saturated rings. The van der Waals surface area contributed by atoms with Gasteiger partial charge in [0.2, 0.25) is 5.91 Å². The molecule has 0 spiro atoms. The molecule has 3 nitrogen and oxygen atoms in total. The van der Waals surface area contributed by atoms with Crippen molar-refractivity contribution in [2.24, 2.45) is 5.41 Å². The van der Waals surface area contributed by atoms with Crippen LogP contribution in [0.15, 0.2) is 12.1 Å². The van der Waals surface area contributed by atoms with Crippen molar-refractivity contribution < 1.29 is 9.90 Å². The molecule has 0 bridgehead atoms. The van der Waals surface area contributed by atoms with E-state index in [1.54, 1.807) is 0 Å². The number of anilines is 1. The quantitative estimate of drug-likeness (QED) is 0.858. The molecule has 0 saturated heterocycles. The predicted molar refractivity (Wildman–Crippen MR) is 77.2 cm³/mol. The maximum Gasteiger partial charge on any atom is 0.224 e. The molecule has 3 heteroatoms. The van der Waals surface area contributed by atoms with Crippen LogP contribution in [0.4, 0.5) is 5.69 Å². The first-order valence-corrected chi connectivity index (χ1v) is 6.96. The molecule has 1 aromatic carbocycles. The van der Waals surface area contributed by atoms with E-state index in [1.165, 1.54) is 0 Å². The molecule has 2 N–H and O–H groups in total. The Kier molecular flexibility index (Phi) is 3.68. The first-order valence-electron chi connectivity index (χ1n) is 6.96. The van der Waals surface area contributed by atoms with Crippen LogP contribution < -0.4 is 5.32 Å². The minimum atomic E-state index is -0.485. The van der Waals surface area contributed by atoms with Crippen molar-refractivity contribution in [2.45, 2.75) is 53.1 Å². The van der Waals surface area contributed by atoms with Crippen LogP contribution in [0.3, 0.4) is 0 Å². The molecule has 1 heterocycles. The van der Waals surface area contributed by atoms with Gasteiger partial charge in [-0.05, 0) is 34.9 Å². The van der Waals surface area contributed by atoms with Gasteiger partial charge in [-0.25, -0.2) is 0 Å². The molecule has 0 aromatic heterocycles. The lowest BCUT2D eigenvalue weighted by molar-refractivity contribution is -0.116. The standard InChI is InChI=1S/C16H23NO2/c1-5-10-8-12(15(19)16(2,3)4)9-11-6-7-13(18)17-14(10)11/h8-9,15,19H,5-7H2,1-4H3,(H,17,18). The van der Waals surface area contributed by atoms with E-state index >= 15 is 0 Å². The summed E-state index contributed by atoms with van der Waals surface area (Å²) < 4.78 is 0. The van der Waals surface area contributed by atoms with Crippen molar-refractivity contribution >= 4 is 11.6 Å². The number of amides is 1. The summed E-state index contributed by atoms with van der Waals surface area (Å²) >= 11 is 0. The SMILES string of the molecule is CCc1cc(C(O)C(C)(C)C)cc2c1NC(=O)CC2. The second kappa shape index (κ2) is 4.97. The number of aliphatic hydroxyl groups excluding tert-OH is 1. The molecule has 1 aliphatic heterocycles. The number of benzene rings is 1. The normalized spacial score (nSPS) is 16.8. The first-order chi connectivity index (χ1) is 8.82. The summed E-state index contributed by atoms with van der Waals surface area (Å²) in [4.78, 5) is 11.5. The number of aryl methyl sites for hydroxylation is 2. The largest absolute Gasteiger partial charge is 0.388 e. The van der Waals surface area contributed by atoms with Crippen molar-refractivity contribution in [2.75, 3.05) is 5.32 Å². The second-order valence-electron chi connectivity index (χ2n) is 6.38. The van der Waals surface area contributed by atoms with Crippen molar-refractivity contribution in [3.8, 4) is 0 Å². The Morgan fingerprint density at radius 2 is 2.00 bits per heavy atom.